The number of nitrogens with two attached hydrogens (primary N) is 1. The van der Waals surface area contributed by atoms with Crippen LogP contribution in [0.15, 0.2) is 0 Å². The van der Waals surface area contributed by atoms with Crippen molar-refractivity contribution in [2.24, 2.45) is 5.73 Å². The summed E-state index contributed by atoms with van der Waals surface area (Å²) in [5.41, 5.74) is 6.37. The van der Waals surface area contributed by atoms with Crippen LogP contribution in [0, 0.1) is 0 Å². The lowest BCUT2D eigenvalue weighted by molar-refractivity contribution is 0.265. The van der Waals surface area contributed by atoms with Crippen molar-refractivity contribution in [2.75, 3.05) is 19.8 Å². The molecule has 1 aliphatic rings. The highest BCUT2D eigenvalue weighted by molar-refractivity contribution is 6.70. The van der Waals surface area contributed by atoms with Gasteiger partial charge in [0.15, 0.2) is 0 Å². The molecule has 0 aromatic rings. The van der Waals surface area contributed by atoms with Gasteiger partial charge in [-0.3, -0.25) is 0 Å². The SMILES string of the molecule is CCCN[Si](NCCC)(OCN)C1CCCCC1. The van der Waals surface area contributed by atoms with Gasteiger partial charge in [-0.05, 0) is 38.8 Å². The Balaban J connectivity index is 2.71. The van der Waals surface area contributed by atoms with Gasteiger partial charge in [-0.1, -0.05) is 33.1 Å². The van der Waals surface area contributed by atoms with Gasteiger partial charge >= 0.3 is 8.64 Å². The fraction of sp³-hybridized carbons (Fsp3) is 1.00. The molecule has 0 radical (unpaired) electrons. The molecule has 0 saturated heterocycles. The number of rotatable bonds is 9. The molecule has 18 heavy (non-hydrogen) atoms. The molecule has 1 rings (SSSR count). The van der Waals surface area contributed by atoms with Gasteiger partial charge in [-0.25, -0.2) is 0 Å². The largest absolute Gasteiger partial charge is 0.378 e. The minimum absolute atomic E-state index is 0.330. The molecule has 1 aliphatic carbocycles. The van der Waals surface area contributed by atoms with Gasteiger partial charge in [0, 0.05) is 5.54 Å². The standard InChI is InChI=1S/C13H31N3OSi/c1-3-10-15-18(17-12-14,16-11-4-2)13-8-6-5-7-9-13/h13,15-16H,3-12,14H2,1-2H3. The molecule has 1 saturated carbocycles. The molecule has 108 valence electrons. The maximum Gasteiger partial charge on any atom is 0.356 e. The van der Waals surface area contributed by atoms with Gasteiger partial charge in [-0.15, -0.1) is 0 Å². The normalized spacial score (nSPS) is 18.2. The number of hydrogen-bond donors (Lipinski definition) is 3. The van der Waals surface area contributed by atoms with Gasteiger partial charge in [0.05, 0.1) is 6.73 Å². The molecule has 0 heterocycles. The molecule has 0 aromatic carbocycles. The third-order valence-electron chi connectivity index (χ3n) is 3.77. The fourth-order valence-electron chi connectivity index (χ4n) is 2.83. The van der Waals surface area contributed by atoms with Crippen LogP contribution in [0.5, 0.6) is 0 Å². The smallest absolute Gasteiger partial charge is 0.356 e. The highest BCUT2D eigenvalue weighted by atomic mass is 28.4. The molecule has 4 N–H and O–H groups in total. The Bertz CT molecular complexity index is 202. The predicted octanol–water partition coefficient (Wildman–Crippen LogP) is 2.19. The molecule has 4 nitrogen and oxygen atoms in total. The Morgan fingerprint density at radius 1 is 1.06 bits per heavy atom. The van der Waals surface area contributed by atoms with E-state index in [0.29, 0.717) is 12.3 Å². The predicted molar refractivity (Wildman–Crippen MR) is 79.3 cm³/mol. The van der Waals surface area contributed by atoms with Gasteiger partial charge in [0.1, 0.15) is 0 Å². The Morgan fingerprint density at radius 2 is 1.61 bits per heavy atom. The molecule has 0 spiro atoms. The second kappa shape index (κ2) is 9.04. The van der Waals surface area contributed by atoms with E-state index in [4.69, 9.17) is 10.2 Å². The van der Waals surface area contributed by atoms with Crippen molar-refractivity contribution < 1.29 is 4.43 Å². The van der Waals surface area contributed by atoms with Crippen molar-refractivity contribution in [3.8, 4) is 0 Å². The van der Waals surface area contributed by atoms with E-state index in [-0.39, 0.29) is 0 Å². The summed E-state index contributed by atoms with van der Waals surface area (Å²) in [6, 6.07) is 0. The van der Waals surface area contributed by atoms with Crippen LogP contribution in [0.4, 0.5) is 0 Å². The lowest BCUT2D eigenvalue weighted by atomic mass is 10.0. The van der Waals surface area contributed by atoms with Gasteiger partial charge in [-0.2, -0.15) is 0 Å². The maximum atomic E-state index is 6.07. The van der Waals surface area contributed by atoms with E-state index in [1.54, 1.807) is 0 Å². The zero-order valence-corrected chi connectivity index (χ0v) is 13.1. The van der Waals surface area contributed by atoms with Crippen molar-refractivity contribution in [1.29, 1.82) is 0 Å². The summed E-state index contributed by atoms with van der Waals surface area (Å²) in [5.74, 6) is 0. The van der Waals surface area contributed by atoms with Gasteiger partial charge in [0.2, 0.25) is 0 Å². The Hall–Kier alpha value is 0.0569. The van der Waals surface area contributed by atoms with Crippen LogP contribution in [-0.4, -0.2) is 28.5 Å². The van der Waals surface area contributed by atoms with Crippen LogP contribution in [0.1, 0.15) is 58.8 Å². The van der Waals surface area contributed by atoms with Crippen LogP contribution in [0.25, 0.3) is 0 Å². The second-order valence-corrected chi connectivity index (χ2v) is 8.52. The average molecular weight is 273 g/mol. The summed E-state index contributed by atoms with van der Waals surface area (Å²) in [7, 11) is -2.06. The minimum atomic E-state index is -2.06. The van der Waals surface area contributed by atoms with E-state index in [1.807, 2.05) is 0 Å². The molecular weight excluding hydrogens is 242 g/mol. The van der Waals surface area contributed by atoms with E-state index in [9.17, 15) is 0 Å². The summed E-state index contributed by atoms with van der Waals surface area (Å²) in [6.07, 6.45) is 8.93. The highest BCUT2D eigenvalue weighted by Gasteiger charge is 2.44. The van der Waals surface area contributed by atoms with Crippen LogP contribution in [0.3, 0.4) is 0 Å². The summed E-state index contributed by atoms with van der Waals surface area (Å²) in [4.78, 5) is 7.43. The molecule has 0 aromatic heterocycles. The molecule has 0 bridgehead atoms. The zero-order chi connectivity index (χ0) is 13.3. The second-order valence-electron chi connectivity index (χ2n) is 5.24. The van der Waals surface area contributed by atoms with Crippen LogP contribution in [0.2, 0.25) is 5.54 Å². The topological polar surface area (TPSA) is 59.3 Å². The Labute approximate surface area is 113 Å². The van der Waals surface area contributed by atoms with Crippen molar-refractivity contribution >= 4 is 8.64 Å². The van der Waals surface area contributed by atoms with E-state index < -0.39 is 8.64 Å². The maximum absolute atomic E-state index is 6.07. The van der Waals surface area contributed by atoms with Crippen LogP contribution >= 0.6 is 0 Å². The first-order valence-electron chi connectivity index (χ1n) is 7.63. The molecular formula is C13H31N3OSi. The van der Waals surface area contributed by atoms with Gasteiger partial charge < -0.3 is 20.1 Å². The molecule has 0 unspecified atom stereocenters. The van der Waals surface area contributed by atoms with Crippen molar-refractivity contribution in [2.45, 2.75) is 64.3 Å². The average Bonchev–Trinajstić information content (AvgIpc) is 2.43. The monoisotopic (exact) mass is 273 g/mol. The number of hydrogen-bond acceptors (Lipinski definition) is 4. The molecule has 0 atom stereocenters. The lowest BCUT2D eigenvalue weighted by Gasteiger charge is -2.40. The Morgan fingerprint density at radius 3 is 2.06 bits per heavy atom. The lowest BCUT2D eigenvalue weighted by Crippen LogP contribution is -2.68. The van der Waals surface area contributed by atoms with Gasteiger partial charge in [0.25, 0.3) is 0 Å². The summed E-state index contributed by atoms with van der Waals surface area (Å²) in [6.45, 7) is 6.79. The first kappa shape index (κ1) is 16.1. The summed E-state index contributed by atoms with van der Waals surface area (Å²) < 4.78 is 6.07. The third-order valence-corrected chi connectivity index (χ3v) is 7.67. The van der Waals surface area contributed by atoms with E-state index >= 15 is 0 Å². The summed E-state index contributed by atoms with van der Waals surface area (Å²) in [5, 5.41) is 0. The van der Waals surface area contributed by atoms with Crippen LogP contribution < -0.4 is 15.7 Å². The summed E-state index contributed by atoms with van der Waals surface area (Å²) >= 11 is 0. The molecule has 5 heteroatoms. The van der Waals surface area contributed by atoms with Crippen molar-refractivity contribution in [3.05, 3.63) is 0 Å². The molecule has 0 aliphatic heterocycles. The highest BCUT2D eigenvalue weighted by Crippen LogP contribution is 2.34. The zero-order valence-electron chi connectivity index (χ0n) is 12.1. The van der Waals surface area contributed by atoms with Crippen LogP contribution in [-0.2, 0) is 4.43 Å². The first-order valence-corrected chi connectivity index (χ1v) is 9.61. The molecule has 0 amide bonds. The first-order chi connectivity index (χ1) is 8.79. The molecule has 1 fully saturated rings. The van der Waals surface area contributed by atoms with Crippen molar-refractivity contribution in [3.63, 3.8) is 0 Å². The van der Waals surface area contributed by atoms with E-state index in [0.717, 1.165) is 25.9 Å². The minimum Gasteiger partial charge on any atom is -0.378 e. The fourth-order valence-corrected chi connectivity index (χ4v) is 6.70. The van der Waals surface area contributed by atoms with Crippen molar-refractivity contribution in [1.82, 2.24) is 9.96 Å². The van der Waals surface area contributed by atoms with E-state index in [1.165, 1.54) is 32.1 Å². The Kier molecular flexibility index (Phi) is 8.09. The quantitative estimate of drug-likeness (QED) is 0.445. The van der Waals surface area contributed by atoms with E-state index in [2.05, 4.69) is 23.8 Å². The number of nitrogens with one attached hydrogen (secondary N) is 2. The third kappa shape index (κ3) is 4.62.